The van der Waals surface area contributed by atoms with Crippen molar-refractivity contribution in [3.63, 3.8) is 0 Å². The van der Waals surface area contributed by atoms with E-state index in [2.05, 4.69) is 4.99 Å². The summed E-state index contributed by atoms with van der Waals surface area (Å²) in [5.41, 5.74) is 0. The number of rotatable bonds is 2. The number of ether oxygens (including phenoxy) is 1. The summed E-state index contributed by atoms with van der Waals surface area (Å²) in [7, 11) is 0. The van der Waals surface area contributed by atoms with Crippen molar-refractivity contribution in [2.75, 3.05) is 6.61 Å². The van der Waals surface area contributed by atoms with Crippen molar-refractivity contribution >= 4 is 12.0 Å². The maximum absolute atomic E-state index is 10.4. The molecule has 1 fully saturated rings. The van der Waals surface area contributed by atoms with Crippen LogP contribution in [0.4, 0.5) is 0 Å². The topological polar surface area (TPSA) is 76.0 Å². The second kappa shape index (κ2) is 3.27. The second-order valence-electron chi connectivity index (χ2n) is 2.22. The van der Waals surface area contributed by atoms with Gasteiger partial charge in [-0.1, -0.05) is 0 Å². The predicted octanol–water partition coefficient (Wildman–Crippen LogP) is -0.231. The van der Waals surface area contributed by atoms with Crippen molar-refractivity contribution in [3.8, 4) is 0 Å². The van der Waals surface area contributed by atoms with Crippen LogP contribution in [-0.2, 0) is 14.3 Å². The number of carbonyl (C=O) groups is 1. The lowest BCUT2D eigenvalue weighted by molar-refractivity contribution is -0.143. The molecule has 1 rings (SSSR count). The van der Waals surface area contributed by atoms with Gasteiger partial charge in [-0.15, -0.1) is 0 Å². The Kier molecular flexibility index (Phi) is 2.36. The number of hydrogen-bond donors (Lipinski definition) is 1. The molecule has 0 bridgehead atoms. The van der Waals surface area contributed by atoms with Gasteiger partial charge < -0.3 is 9.84 Å². The average Bonchev–Trinajstić information content (AvgIpc) is 2.36. The molecule has 60 valence electrons. The largest absolute Gasteiger partial charge is 0.481 e. The van der Waals surface area contributed by atoms with Gasteiger partial charge in [0.1, 0.15) is 5.92 Å². The molecule has 1 N–H and O–H groups in total. The highest BCUT2D eigenvalue weighted by Gasteiger charge is 2.33. The monoisotopic (exact) mass is 157 g/mol. The van der Waals surface area contributed by atoms with Crippen molar-refractivity contribution < 1.29 is 19.4 Å². The van der Waals surface area contributed by atoms with Crippen LogP contribution in [0.15, 0.2) is 4.99 Å². The summed E-state index contributed by atoms with van der Waals surface area (Å²) in [5, 5.41) is 8.54. The van der Waals surface area contributed by atoms with E-state index in [0.29, 0.717) is 13.0 Å². The molecule has 1 aliphatic rings. The summed E-state index contributed by atoms with van der Waals surface area (Å²) >= 11 is 0. The third-order valence-electron chi connectivity index (χ3n) is 1.56. The highest BCUT2D eigenvalue weighted by molar-refractivity contribution is 5.71. The van der Waals surface area contributed by atoms with Gasteiger partial charge in [0, 0.05) is 0 Å². The Labute approximate surface area is 62.7 Å². The molecule has 0 saturated carbocycles. The number of carboxylic acids is 1. The zero-order valence-corrected chi connectivity index (χ0v) is 5.69. The first-order chi connectivity index (χ1) is 5.25. The van der Waals surface area contributed by atoms with Crippen molar-refractivity contribution in [2.45, 2.75) is 12.6 Å². The minimum Gasteiger partial charge on any atom is -0.481 e. The third-order valence-corrected chi connectivity index (χ3v) is 1.56. The third kappa shape index (κ3) is 1.63. The first-order valence-corrected chi connectivity index (χ1v) is 3.17. The fourth-order valence-corrected chi connectivity index (χ4v) is 0.999. The molecule has 0 aromatic rings. The van der Waals surface area contributed by atoms with Gasteiger partial charge in [-0.3, -0.25) is 4.79 Å². The fraction of sp³-hybridized carbons (Fsp3) is 0.667. The van der Waals surface area contributed by atoms with E-state index in [-0.39, 0.29) is 0 Å². The zero-order valence-electron chi connectivity index (χ0n) is 5.69. The van der Waals surface area contributed by atoms with Gasteiger partial charge in [0.25, 0.3) is 0 Å². The molecule has 0 aromatic heterocycles. The molecule has 0 aromatic carbocycles. The molecule has 5 heteroatoms. The van der Waals surface area contributed by atoms with E-state index in [0.717, 1.165) is 0 Å². The van der Waals surface area contributed by atoms with Gasteiger partial charge in [0.2, 0.25) is 6.08 Å². The molecule has 5 nitrogen and oxygen atoms in total. The zero-order chi connectivity index (χ0) is 8.27. The van der Waals surface area contributed by atoms with Gasteiger partial charge in [-0.2, -0.15) is 4.99 Å². The highest BCUT2D eigenvalue weighted by Crippen LogP contribution is 2.21. The van der Waals surface area contributed by atoms with E-state index in [1.165, 1.54) is 6.08 Å². The molecule has 0 radical (unpaired) electrons. The van der Waals surface area contributed by atoms with Crippen molar-refractivity contribution in [1.82, 2.24) is 0 Å². The Balaban J connectivity index is 2.64. The van der Waals surface area contributed by atoms with Crippen LogP contribution in [0.5, 0.6) is 0 Å². The lowest BCUT2D eigenvalue weighted by Crippen LogP contribution is -2.21. The van der Waals surface area contributed by atoms with E-state index in [1.807, 2.05) is 0 Å². The molecule has 1 saturated heterocycles. The number of carbonyl (C=O) groups excluding carboxylic acids is 1. The van der Waals surface area contributed by atoms with Crippen LogP contribution in [0, 0.1) is 5.92 Å². The molecular weight excluding hydrogens is 150 g/mol. The molecule has 0 spiro atoms. The van der Waals surface area contributed by atoms with Gasteiger partial charge in [-0.25, -0.2) is 4.79 Å². The summed E-state index contributed by atoms with van der Waals surface area (Å²) in [5.74, 6) is -1.66. The standard InChI is InChI=1S/C6H7NO4/c8-3-7-5-4(6(9)10)1-2-11-5/h4-5H,1-2H2,(H,9,10). The van der Waals surface area contributed by atoms with Crippen LogP contribution in [-0.4, -0.2) is 30.0 Å². The van der Waals surface area contributed by atoms with Gasteiger partial charge in [-0.05, 0) is 6.42 Å². The molecule has 0 aliphatic carbocycles. The Morgan fingerprint density at radius 2 is 2.45 bits per heavy atom. The lowest BCUT2D eigenvalue weighted by Gasteiger charge is -2.05. The summed E-state index contributed by atoms with van der Waals surface area (Å²) < 4.78 is 4.86. The average molecular weight is 157 g/mol. The highest BCUT2D eigenvalue weighted by atomic mass is 16.5. The Hall–Kier alpha value is -1.19. The molecule has 2 atom stereocenters. The van der Waals surface area contributed by atoms with E-state index in [4.69, 9.17) is 9.84 Å². The van der Waals surface area contributed by atoms with Crippen molar-refractivity contribution in [3.05, 3.63) is 0 Å². The quantitative estimate of drug-likeness (QED) is 0.443. The van der Waals surface area contributed by atoms with Gasteiger partial charge in [0.05, 0.1) is 6.61 Å². The summed E-state index contributed by atoms with van der Waals surface area (Å²) in [4.78, 5) is 23.4. The van der Waals surface area contributed by atoms with Crippen LogP contribution in [0.25, 0.3) is 0 Å². The number of nitrogens with zero attached hydrogens (tertiary/aromatic N) is 1. The van der Waals surface area contributed by atoms with Gasteiger partial charge >= 0.3 is 5.97 Å². The van der Waals surface area contributed by atoms with Crippen molar-refractivity contribution in [1.29, 1.82) is 0 Å². The van der Waals surface area contributed by atoms with Crippen LogP contribution >= 0.6 is 0 Å². The normalized spacial score (nSPS) is 29.5. The van der Waals surface area contributed by atoms with Crippen molar-refractivity contribution in [2.24, 2.45) is 10.9 Å². The first kappa shape index (κ1) is 7.91. The fourth-order valence-electron chi connectivity index (χ4n) is 0.999. The van der Waals surface area contributed by atoms with E-state index >= 15 is 0 Å². The molecule has 11 heavy (non-hydrogen) atoms. The van der Waals surface area contributed by atoms with E-state index in [1.54, 1.807) is 0 Å². The molecule has 2 unspecified atom stereocenters. The predicted molar refractivity (Wildman–Crippen MR) is 33.6 cm³/mol. The maximum Gasteiger partial charge on any atom is 0.311 e. The molecule has 1 aliphatic heterocycles. The Morgan fingerprint density at radius 1 is 1.73 bits per heavy atom. The number of isocyanates is 1. The molecule has 1 heterocycles. The van der Waals surface area contributed by atoms with Crippen LogP contribution in [0.1, 0.15) is 6.42 Å². The molecular formula is C6H7NO4. The molecule has 0 amide bonds. The minimum absolute atomic E-state index is 0.340. The maximum atomic E-state index is 10.4. The number of aliphatic imine (C=N–C) groups is 1. The van der Waals surface area contributed by atoms with Crippen LogP contribution in [0.3, 0.4) is 0 Å². The van der Waals surface area contributed by atoms with E-state index in [9.17, 15) is 9.59 Å². The Morgan fingerprint density at radius 3 is 3.00 bits per heavy atom. The first-order valence-electron chi connectivity index (χ1n) is 3.17. The minimum atomic E-state index is -0.980. The summed E-state index contributed by atoms with van der Waals surface area (Å²) in [6.07, 6.45) is 0.860. The summed E-state index contributed by atoms with van der Waals surface area (Å²) in [6.45, 7) is 0.340. The Bertz CT molecular complexity index is 201. The number of carboxylic acid groups (broad SMARTS) is 1. The second-order valence-corrected chi connectivity index (χ2v) is 2.22. The smallest absolute Gasteiger partial charge is 0.311 e. The van der Waals surface area contributed by atoms with Crippen LogP contribution < -0.4 is 0 Å². The van der Waals surface area contributed by atoms with Crippen LogP contribution in [0.2, 0.25) is 0 Å². The SMILES string of the molecule is O=C=NC1OCCC1C(=O)O. The summed E-state index contributed by atoms with van der Waals surface area (Å²) in [6, 6.07) is 0. The number of hydrogen-bond acceptors (Lipinski definition) is 4. The lowest BCUT2D eigenvalue weighted by atomic mass is 10.1. The number of aliphatic carboxylic acids is 1. The van der Waals surface area contributed by atoms with E-state index < -0.39 is 18.1 Å². The van der Waals surface area contributed by atoms with Gasteiger partial charge in [0.15, 0.2) is 6.23 Å².